The van der Waals surface area contributed by atoms with E-state index in [1.165, 1.54) is 0 Å². The van der Waals surface area contributed by atoms with Crippen LogP contribution in [0.1, 0.15) is 5.56 Å². The third-order valence-electron chi connectivity index (χ3n) is 3.38. The van der Waals surface area contributed by atoms with Gasteiger partial charge in [0, 0.05) is 23.3 Å². The summed E-state index contributed by atoms with van der Waals surface area (Å²) in [6, 6.07) is 12.1. The van der Waals surface area contributed by atoms with Crippen molar-refractivity contribution in [3.8, 4) is 11.6 Å². The molecule has 0 unspecified atom stereocenters. The molecule has 0 N–H and O–H groups in total. The number of nitrogens with zero attached hydrogens (tertiary/aromatic N) is 2. The molecule has 4 nitrogen and oxygen atoms in total. The lowest BCUT2D eigenvalue weighted by Gasteiger charge is -2.09. The van der Waals surface area contributed by atoms with Crippen molar-refractivity contribution >= 4 is 10.9 Å². The summed E-state index contributed by atoms with van der Waals surface area (Å²) in [5.74, 6) is 1.55. The number of hydrogen-bond acceptors (Lipinski definition) is 3. The Morgan fingerprint density at radius 1 is 1.05 bits per heavy atom. The van der Waals surface area contributed by atoms with Crippen molar-refractivity contribution < 1.29 is 9.47 Å². The van der Waals surface area contributed by atoms with Gasteiger partial charge in [0.2, 0.25) is 5.88 Å². The molecular weight excluding hydrogens is 252 g/mol. The van der Waals surface area contributed by atoms with Gasteiger partial charge in [0.25, 0.3) is 0 Å². The van der Waals surface area contributed by atoms with Crippen molar-refractivity contribution in [2.24, 2.45) is 0 Å². The summed E-state index contributed by atoms with van der Waals surface area (Å²) in [5, 5.41) is 1.11. The van der Waals surface area contributed by atoms with E-state index < -0.39 is 0 Å². The Morgan fingerprint density at radius 3 is 2.75 bits per heavy atom. The van der Waals surface area contributed by atoms with Crippen molar-refractivity contribution in [2.75, 3.05) is 14.2 Å². The zero-order valence-corrected chi connectivity index (χ0v) is 11.5. The maximum Gasteiger partial charge on any atom is 0.218 e. The zero-order valence-electron chi connectivity index (χ0n) is 11.5. The summed E-state index contributed by atoms with van der Waals surface area (Å²) < 4.78 is 12.9. The highest BCUT2D eigenvalue weighted by atomic mass is 16.5. The van der Waals surface area contributed by atoms with Crippen molar-refractivity contribution in [2.45, 2.75) is 6.54 Å². The van der Waals surface area contributed by atoms with E-state index in [-0.39, 0.29) is 0 Å². The summed E-state index contributed by atoms with van der Waals surface area (Å²) in [6.45, 7) is 0.716. The van der Waals surface area contributed by atoms with E-state index in [2.05, 4.69) is 27.9 Å². The van der Waals surface area contributed by atoms with Crippen LogP contribution in [0.3, 0.4) is 0 Å². The molecule has 0 saturated heterocycles. The molecule has 0 bridgehead atoms. The molecule has 20 heavy (non-hydrogen) atoms. The SMILES string of the molecule is COc1ncccc1Cn1ccc2c(OC)cccc21. The molecule has 0 saturated carbocycles. The number of ether oxygens (including phenoxy) is 2. The van der Waals surface area contributed by atoms with E-state index in [9.17, 15) is 0 Å². The van der Waals surface area contributed by atoms with Crippen LogP contribution in [0.5, 0.6) is 11.6 Å². The molecule has 0 aliphatic carbocycles. The Balaban J connectivity index is 2.03. The molecular formula is C16H16N2O2. The number of hydrogen-bond donors (Lipinski definition) is 0. The molecule has 1 aromatic carbocycles. The van der Waals surface area contributed by atoms with Crippen LogP contribution in [0.25, 0.3) is 10.9 Å². The first-order valence-electron chi connectivity index (χ1n) is 6.43. The molecule has 102 valence electrons. The Labute approximate surface area is 117 Å². The number of methoxy groups -OCH3 is 2. The minimum absolute atomic E-state index is 0.664. The first-order chi connectivity index (χ1) is 9.83. The first-order valence-corrected chi connectivity index (χ1v) is 6.43. The van der Waals surface area contributed by atoms with E-state index in [0.717, 1.165) is 22.2 Å². The van der Waals surface area contributed by atoms with Crippen LogP contribution in [0.4, 0.5) is 0 Å². The molecule has 0 aliphatic heterocycles. The molecule has 0 aliphatic rings. The van der Waals surface area contributed by atoms with E-state index in [1.807, 2.05) is 24.3 Å². The normalized spacial score (nSPS) is 10.7. The Bertz CT molecular complexity index is 734. The summed E-state index contributed by atoms with van der Waals surface area (Å²) in [4.78, 5) is 4.23. The summed E-state index contributed by atoms with van der Waals surface area (Å²) in [5.41, 5.74) is 2.19. The predicted octanol–water partition coefficient (Wildman–Crippen LogP) is 3.10. The van der Waals surface area contributed by atoms with Gasteiger partial charge in [-0.15, -0.1) is 0 Å². The molecule has 0 spiro atoms. The molecule has 0 amide bonds. The molecule has 2 aromatic heterocycles. The maximum atomic E-state index is 5.39. The minimum atomic E-state index is 0.664. The van der Waals surface area contributed by atoms with Crippen molar-refractivity contribution in [1.82, 2.24) is 9.55 Å². The molecule has 3 aromatic rings. The van der Waals surface area contributed by atoms with Gasteiger partial charge in [0.05, 0.1) is 26.3 Å². The van der Waals surface area contributed by atoms with Crippen LogP contribution in [0, 0.1) is 0 Å². The number of fused-ring (bicyclic) bond motifs is 1. The van der Waals surface area contributed by atoms with Gasteiger partial charge in [-0.05, 0) is 24.3 Å². The molecule has 3 rings (SSSR count). The average molecular weight is 268 g/mol. The highest BCUT2D eigenvalue weighted by Crippen LogP contribution is 2.27. The lowest BCUT2D eigenvalue weighted by atomic mass is 10.2. The zero-order chi connectivity index (χ0) is 13.9. The Kier molecular flexibility index (Phi) is 3.29. The van der Waals surface area contributed by atoms with E-state index >= 15 is 0 Å². The summed E-state index contributed by atoms with van der Waals surface area (Å²) in [7, 11) is 3.33. The number of rotatable bonds is 4. The van der Waals surface area contributed by atoms with Crippen LogP contribution >= 0.6 is 0 Å². The first kappa shape index (κ1) is 12.5. The fourth-order valence-electron chi connectivity index (χ4n) is 2.42. The van der Waals surface area contributed by atoms with Gasteiger partial charge >= 0.3 is 0 Å². The molecule has 4 heteroatoms. The fraction of sp³-hybridized carbons (Fsp3) is 0.188. The predicted molar refractivity (Wildman–Crippen MR) is 78.4 cm³/mol. The highest BCUT2D eigenvalue weighted by Gasteiger charge is 2.09. The van der Waals surface area contributed by atoms with Crippen LogP contribution in [-0.4, -0.2) is 23.8 Å². The largest absolute Gasteiger partial charge is 0.496 e. The number of benzene rings is 1. The Morgan fingerprint density at radius 2 is 1.95 bits per heavy atom. The van der Waals surface area contributed by atoms with Gasteiger partial charge in [-0.1, -0.05) is 12.1 Å². The number of pyridine rings is 1. The molecule has 0 atom stereocenters. The molecule has 0 radical (unpaired) electrons. The lowest BCUT2D eigenvalue weighted by Crippen LogP contribution is -2.01. The van der Waals surface area contributed by atoms with Crippen molar-refractivity contribution in [3.05, 3.63) is 54.4 Å². The average Bonchev–Trinajstić information content (AvgIpc) is 2.91. The van der Waals surface area contributed by atoms with E-state index in [4.69, 9.17) is 9.47 Å². The monoisotopic (exact) mass is 268 g/mol. The second-order valence-corrected chi connectivity index (χ2v) is 4.51. The van der Waals surface area contributed by atoms with Gasteiger partial charge < -0.3 is 14.0 Å². The molecule has 2 heterocycles. The van der Waals surface area contributed by atoms with E-state index in [0.29, 0.717) is 12.4 Å². The smallest absolute Gasteiger partial charge is 0.218 e. The van der Waals surface area contributed by atoms with Gasteiger partial charge in [0.15, 0.2) is 0 Å². The van der Waals surface area contributed by atoms with Gasteiger partial charge in [0.1, 0.15) is 5.75 Å². The standard InChI is InChI=1S/C16H16N2O2/c1-19-15-7-3-6-14-13(15)8-10-18(14)11-12-5-4-9-17-16(12)20-2/h3-10H,11H2,1-2H3. The third-order valence-corrected chi connectivity index (χ3v) is 3.38. The second-order valence-electron chi connectivity index (χ2n) is 4.51. The van der Waals surface area contributed by atoms with E-state index in [1.54, 1.807) is 20.4 Å². The lowest BCUT2D eigenvalue weighted by molar-refractivity contribution is 0.391. The van der Waals surface area contributed by atoms with Gasteiger partial charge in [-0.3, -0.25) is 0 Å². The van der Waals surface area contributed by atoms with Crippen LogP contribution in [0.2, 0.25) is 0 Å². The van der Waals surface area contributed by atoms with Gasteiger partial charge in [-0.25, -0.2) is 4.98 Å². The highest BCUT2D eigenvalue weighted by molar-refractivity contribution is 5.86. The third kappa shape index (κ3) is 2.09. The van der Waals surface area contributed by atoms with Crippen molar-refractivity contribution in [1.29, 1.82) is 0 Å². The summed E-state index contributed by atoms with van der Waals surface area (Å²) in [6.07, 6.45) is 3.79. The van der Waals surface area contributed by atoms with Crippen molar-refractivity contribution in [3.63, 3.8) is 0 Å². The topological polar surface area (TPSA) is 36.3 Å². The van der Waals surface area contributed by atoms with Gasteiger partial charge in [-0.2, -0.15) is 0 Å². The number of aromatic nitrogens is 2. The Hall–Kier alpha value is -2.49. The quantitative estimate of drug-likeness (QED) is 0.729. The fourth-order valence-corrected chi connectivity index (χ4v) is 2.42. The maximum absolute atomic E-state index is 5.39. The van der Waals surface area contributed by atoms with Crippen LogP contribution < -0.4 is 9.47 Å². The second kappa shape index (κ2) is 5.25. The minimum Gasteiger partial charge on any atom is -0.496 e. The molecule has 0 fully saturated rings. The van der Waals surface area contributed by atoms with Crippen LogP contribution in [0.15, 0.2) is 48.8 Å². The van der Waals surface area contributed by atoms with Crippen LogP contribution in [-0.2, 0) is 6.54 Å². The summed E-state index contributed by atoms with van der Waals surface area (Å²) >= 11 is 0.